The van der Waals surface area contributed by atoms with Crippen molar-refractivity contribution in [3.05, 3.63) is 29.8 Å². The summed E-state index contributed by atoms with van der Waals surface area (Å²) in [5.41, 5.74) is 1.09. The van der Waals surface area contributed by atoms with Crippen molar-refractivity contribution < 1.29 is 18.4 Å². The monoisotopic (exact) mass is 340 g/mol. The number of rotatable bonds is 12. The molecule has 0 fully saturated rings. The third-order valence-corrected chi connectivity index (χ3v) is 6.62. The Hall–Kier alpha value is -0.883. The number of benzene rings is 1. The largest absolute Gasteiger partial charge is 0.508 e. The highest BCUT2D eigenvalue weighted by atomic mass is 28.4. The van der Waals surface area contributed by atoms with Gasteiger partial charge in [0.25, 0.3) is 0 Å². The Bertz CT molecular complexity index is 417. The fourth-order valence-electron chi connectivity index (χ4n) is 2.40. The van der Waals surface area contributed by atoms with Crippen molar-refractivity contribution in [3.63, 3.8) is 0 Å². The SMILES string of the molecule is CCCO[Si](CC(C)c1cccc(O)c1)(OCCC)OCCC. The molecule has 4 nitrogen and oxygen atoms in total. The van der Waals surface area contributed by atoms with Crippen LogP contribution in [0.1, 0.15) is 58.4 Å². The van der Waals surface area contributed by atoms with Crippen LogP contribution in [0, 0.1) is 0 Å². The average Bonchev–Trinajstić information content (AvgIpc) is 2.56. The predicted octanol–water partition coefficient (Wildman–Crippen LogP) is 4.71. The summed E-state index contributed by atoms with van der Waals surface area (Å²) in [5.74, 6) is 0.499. The van der Waals surface area contributed by atoms with Crippen LogP contribution < -0.4 is 0 Å². The molecule has 0 saturated heterocycles. The average molecular weight is 341 g/mol. The molecular formula is C18H32O4Si. The van der Waals surface area contributed by atoms with E-state index in [2.05, 4.69) is 27.7 Å². The first kappa shape index (κ1) is 20.2. The Morgan fingerprint density at radius 2 is 1.48 bits per heavy atom. The van der Waals surface area contributed by atoms with Gasteiger partial charge in [-0.05, 0) is 42.9 Å². The molecule has 1 aromatic carbocycles. The first-order chi connectivity index (χ1) is 11.1. The van der Waals surface area contributed by atoms with Gasteiger partial charge in [0.15, 0.2) is 0 Å². The first-order valence-corrected chi connectivity index (χ1v) is 10.7. The number of aromatic hydroxyl groups is 1. The van der Waals surface area contributed by atoms with E-state index in [0.717, 1.165) is 30.9 Å². The molecule has 23 heavy (non-hydrogen) atoms. The molecule has 0 spiro atoms. The second kappa shape index (κ2) is 10.8. The van der Waals surface area contributed by atoms with Gasteiger partial charge in [-0.2, -0.15) is 0 Å². The van der Waals surface area contributed by atoms with E-state index < -0.39 is 8.80 Å². The second-order valence-electron chi connectivity index (χ2n) is 5.93. The number of hydrogen-bond donors (Lipinski definition) is 1. The fraction of sp³-hybridized carbons (Fsp3) is 0.667. The molecule has 1 aromatic rings. The van der Waals surface area contributed by atoms with Crippen LogP contribution >= 0.6 is 0 Å². The van der Waals surface area contributed by atoms with Crippen molar-refractivity contribution in [1.82, 2.24) is 0 Å². The molecule has 132 valence electrons. The minimum absolute atomic E-state index is 0.208. The number of hydrogen-bond acceptors (Lipinski definition) is 4. The Labute approximate surface area is 142 Å². The molecule has 0 aromatic heterocycles. The van der Waals surface area contributed by atoms with Crippen LogP contribution in [0.2, 0.25) is 6.04 Å². The zero-order valence-electron chi connectivity index (χ0n) is 15.0. The van der Waals surface area contributed by atoms with Gasteiger partial charge in [-0.25, -0.2) is 0 Å². The molecule has 0 aliphatic heterocycles. The van der Waals surface area contributed by atoms with Gasteiger partial charge >= 0.3 is 8.80 Å². The van der Waals surface area contributed by atoms with Crippen LogP contribution in [0.25, 0.3) is 0 Å². The van der Waals surface area contributed by atoms with E-state index in [-0.39, 0.29) is 5.92 Å². The third kappa shape index (κ3) is 7.04. The van der Waals surface area contributed by atoms with Crippen molar-refractivity contribution in [3.8, 4) is 5.75 Å². The van der Waals surface area contributed by atoms with Crippen LogP contribution in [-0.2, 0) is 13.3 Å². The quantitative estimate of drug-likeness (QED) is 0.560. The lowest BCUT2D eigenvalue weighted by Gasteiger charge is -2.31. The first-order valence-electron chi connectivity index (χ1n) is 8.77. The van der Waals surface area contributed by atoms with Crippen molar-refractivity contribution in [1.29, 1.82) is 0 Å². The van der Waals surface area contributed by atoms with Gasteiger partial charge in [0.2, 0.25) is 0 Å². The van der Waals surface area contributed by atoms with Crippen LogP contribution in [0.4, 0.5) is 0 Å². The molecule has 1 N–H and O–H groups in total. The third-order valence-electron chi connectivity index (χ3n) is 3.57. The molecular weight excluding hydrogens is 308 g/mol. The predicted molar refractivity (Wildman–Crippen MR) is 95.8 cm³/mol. The molecule has 1 unspecified atom stereocenters. The smallest absolute Gasteiger partial charge is 0.501 e. The highest BCUT2D eigenvalue weighted by Crippen LogP contribution is 2.30. The Kier molecular flexibility index (Phi) is 9.48. The van der Waals surface area contributed by atoms with E-state index in [1.807, 2.05) is 18.2 Å². The van der Waals surface area contributed by atoms with Gasteiger partial charge < -0.3 is 18.4 Å². The topological polar surface area (TPSA) is 47.9 Å². The molecule has 5 heteroatoms. The van der Waals surface area contributed by atoms with Crippen molar-refractivity contribution >= 4 is 8.80 Å². The van der Waals surface area contributed by atoms with Gasteiger partial charge in [0.1, 0.15) is 5.75 Å². The normalized spacial score (nSPS) is 13.2. The Morgan fingerprint density at radius 3 is 1.91 bits per heavy atom. The lowest BCUT2D eigenvalue weighted by Crippen LogP contribution is -2.47. The van der Waals surface area contributed by atoms with E-state index >= 15 is 0 Å². The second-order valence-corrected chi connectivity index (χ2v) is 8.57. The van der Waals surface area contributed by atoms with Gasteiger partial charge in [-0.3, -0.25) is 0 Å². The molecule has 0 amide bonds. The lowest BCUT2D eigenvalue weighted by molar-refractivity contribution is 0.0579. The summed E-state index contributed by atoms with van der Waals surface area (Å²) < 4.78 is 18.4. The number of phenols is 1. The zero-order valence-corrected chi connectivity index (χ0v) is 16.0. The molecule has 0 saturated carbocycles. The van der Waals surface area contributed by atoms with Crippen LogP contribution in [0.3, 0.4) is 0 Å². The van der Waals surface area contributed by atoms with E-state index in [0.29, 0.717) is 25.6 Å². The minimum atomic E-state index is -2.70. The van der Waals surface area contributed by atoms with Crippen LogP contribution in [-0.4, -0.2) is 33.7 Å². The van der Waals surface area contributed by atoms with E-state index in [1.54, 1.807) is 6.07 Å². The summed E-state index contributed by atoms with van der Waals surface area (Å²) >= 11 is 0. The summed E-state index contributed by atoms with van der Waals surface area (Å²) in [6.07, 6.45) is 2.83. The maximum absolute atomic E-state index is 9.70. The van der Waals surface area contributed by atoms with E-state index in [4.69, 9.17) is 13.3 Å². The maximum atomic E-state index is 9.70. The Balaban J connectivity index is 2.90. The fourth-order valence-corrected chi connectivity index (χ4v) is 5.53. The molecule has 0 aliphatic rings. The maximum Gasteiger partial charge on any atom is 0.501 e. The summed E-state index contributed by atoms with van der Waals surface area (Å²) in [5, 5.41) is 9.70. The van der Waals surface area contributed by atoms with Gasteiger partial charge in [0, 0.05) is 25.9 Å². The lowest BCUT2D eigenvalue weighted by atomic mass is 10.0. The highest BCUT2D eigenvalue weighted by molar-refractivity contribution is 6.60. The van der Waals surface area contributed by atoms with Crippen LogP contribution in [0.15, 0.2) is 24.3 Å². The molecule has 0 aliphatic carbocycles. The van der Waals surface area contributed by atoms with E-state index in [9.17, 15) is 5.11 Å². The summed E-state index contributed by atoms with van der Waals surface area (Å²) in [4.78, 5) is 0. The molecule has 0 bridgehead atoms. The summed E-state index contributed by atoms with van der Waals surface area (Å²) in [7, 11) is -2.70. The van der Waals surface area contributed by atoms with E-state index in [1.165, 1.54) is 0 Å². The molecule has 1 atom stereocenters. The minimum Gasteiger partial charge on any atom is -0.508 e. The van der Waals surface area contributed by atoms with Crippen LogP contribution in [0.5, 0.6) is 5.75 Å². The van der Waals surface area contributed by atoms with Gasteiger partial charge in [-0.1, -0.05) is 39.8 Å². The summed E-state index contributed by atoms with van der Waals surface area (Å²) in [6.45, 7) is 10.4. The Morgan fingerprint density at radius 1 is 0.957 bits per heavy atom. The van der Waals surface area contributed by atoms with Gasteiger partial charge in [-0.15, -0.1) is 0 Å². The standard InChI is InChI=1S/C18H32O4Si/c1-5-11-20-23(21-12-6-2,22-13-7-3)15-16(4)17-9-8-10-18(19)14-17/h8-10,14,16,19H,5-7,11-13,15H2,1-4H3. The highest BCUT2D eigenvalue weighted by Gasteiger charge is 2.42. The molecule has 0 radical (unpaired) electrons. The summed E-state index contributed by atoms with van der Waals surface area (Å²) in [6, 6.07) is 8.13. The zero-order chi connectivity index (χ0) is 17.1. The van der Waals surface area contributed by atoms with Crippen molar-refractivity contribution in [2.24, 2.45) is 0 Å². The van der Waals surface area contributed by atoms with Crippen molar-refractivity contribution in [2.75, 3.05) is 19.8 Å². The molecule has 1 rings (SSSR count). The number of phenolic OH excluding ortho intramolecular Hbond substituents is 1. The van der Waals surface area contributed by atoms with Crippen molar-refractivity contribution in [2.45, 2.75) is 58.9 Å². The molecule has 0 heterocycles. The van der Waals surface area contributed by atoms with Gasteiger partial charge in [0.05, 0.1) is 0 Å².